The molecule has 1 aliphatic carbocycles. The molecule has 6 nitrogen and oxygen atoms in total. The Kier molecular flexibility index (Phi) is 6.57. The molecule has 0 spiro atoms. The Morgan fingerprint density at radius 2 is 1.88 bits per heavy atom. The minimum absolute atomic E-state index is 0.424. The topological polar surface area (TPSA) is 54.7 Å². The van der Waals surface area contributed by atoms with Gasteiger partial charge in [-0.15, -0.1) is 0 Å². The molecule has 0 amide bonds. The number of hydrogen-bond donors (Lipinski definition) is 1. The van der Waals surface area contributed by atoms with Crippen LogP contribution >= 0.6 is 0 Å². The summed E-state index contributed by atoms with van der Waals surface area (Å²) < 4.78 is 8.14. The van der Waals surface area contributed by atoms with Gasteiger partial charge in [0.1, 0.15) is 0 Å². The van der Waals surface area contributed by atoms with E-state index in [1.54, 1.807) is 0 Å². The first-order valence-corrected chi connectivity index (χ1v) is 10.1. The number of nitrogens with one attached hydrogen (secondary N) is 1. The van der Waals surface area contributed by atoms with Crippen molar-refractivity contribution in [1.82, 2.24) is 20.0 Å². The highest BCUT2D eigenvalue weighted by Crippen LogP contribution is 2.26. The van der Waals surface area contributed by atoms with E-state index in [1.165, 1.54) is 36.9 Å². The standard InChI is InChI=1S/C20H35N5O/c1-15-19(16(2)24(4)23-15)13-22-20(21-3)25-11-9-18(10-12-25)26-14-17-7-5-6-8-17/h17-18H,5-14H2,1-4H3,(H,21,22). The van der Waals surface area contributed by atoms with Gasteiger partial charge in [-0.2, -0.15) is 5.10 Å². The molecule has 0 bridgehead atoms. The fourth-order valence-electron chi connectivity index (χ4n) is 4.26. The van der Waals surface area contributed by atoms with Crippen LogP contribution in [0.15, 0.2) is 4.99 Å². The van der Waals surface area contributed by atoms with Crippen LogP contribution in [0, 0.1) is 19.8 Å². The molecule has 1 saturated carbocycles. The highest BCUT2D eigenvalue weighted by atomic mass is 16.5. The Balaban J connectivity index is 1.44. The van der Waals surface area contributed by atoms with Gasteiger partial charge in [-0.05, 0) is 45.4 Å². The third kappa shape index (κ3) is 4.58. The Labute approximate surface area is 158 Å². The van der Waals surface area contributed by atoms with E-state index >= 15 is 0 Å². The number of aryl methyl sites for hydroxylation is 2. The van der Waals surface area contributed by atoms with E-state index in [0.29, 0.717) is 6.10 Å². The number of likely N-dealkylation sites (tertiary alicyclic amines) is 1. The molecule has 0 unspecified atom stereocenters. The van der Waals surface area contributed by atoms with E-state index in [2.05, 4.69) is 34.2 Å². The second kappa shape index (κ2) is 8.89. The van der Waals surface area contributed by atoms with E-state index in [4.69, 9.17) is 4.74 Å². The minimum Gasteiger partial charge on any atom is -0.378 e. The van der Waals surface area contributed by atoms with Crippen LogP contribution in [0.5, 0.6) is 0 Å². The smallest absolute Gasteiger partial charge is 0.193 e. The predicted molar refractivity (Wildman–Crippen MR) is 105 cm³/mol. The van der Waals surface area contributed by atoms with Crippen molar-refractivity contribution in [1.29, 1.82) is 0 Å². The third-order valence-electron chi connectivity index (χ3n) is 6.08. The summed E-state index contributed by atoms with van der Waals surface area (Å²) in [6.45, 7) is 7.96. The molecular weight excluding hydrogens is 326 g/mol. The van der Waals surface area contributed by atoms with Crippen LogP contribution in [0.1, 0.15) is 55.5 Å². The molecular formula is C20H35N5O. The lowest BCUT2D eigenvalue weighted by atomic mass is 10.1. The number of nitrogens with zero attached hydrogens (tertiary/aromatic N) is 4. The molecule has 2 fully saturated rings. The Morgan fingerprint density at radius 3 is 2.46 bits per heavy atom. The number of piperidine rings is 1. The molecule has 1 aromatic heterocycles. The van der Waals surface area contributed by atoms with Gasteiger partial charge in [0.05, 0.1) is 11.8 Å². The van der Waals surface area contributed by atoms with Crippen molar-refractivity contribution in [3.63, 3.8) is 0 Å². The first-order chi connectivity index (χ1) is 12.6. The van der Waals surface area contributed by atoms with Crippen LogP contribution in [0.3, 0.4) is 0 Å². The van der Waals surface area contributed by atoms with Gasteiger partial charge in [0, 0.05) is 51.6 Å². The molecule has 1 aliphatic heterocycles. The maximum Gasteiger partial charge on any atom is 0.193 e. The zero-order valence-corrected chi connectivity index (χ0v) is 16.9. The monoisotopic (exact) mass is 361 g/mol. The number of aliphatic imine (C=N–C) groups is 1. The zero-order valence-electron chi connectivity index (χ0n) is 16.9. The lowest BCUT2D eigenvalue weighted by molar-refractivity contribution is 0.00101. The zero-order chi connectivity index (χ0) is 18.5. The van der Waals surface area contributed by atoms with Crippen LogP contribution in [0.2, 0.25) is 0 Å². The molecule has 2 aliphatic rings. The Bertz CT molecular complexity index is 610. The van der Waals surface area contributed by atoms with E-state index in [-0.39, 0.29) is 0 Å². The molecule has 1 N–H and O–H groups in total. The van der Waals surface area contributed by atoms with E-state index < -0.39 is 0 Å². The van der Waals surface area contributed by atoms with Crippen LogP contribution in [-0.4, -0.2) is 53.5 Å². The van der Waals surface area contributed by atoms with E-state index in [1.807, 2.05) is 18.8 Å². The fourth-order valence-corrected chi connectivity index (χ4v) is 4.26. The van der Waals surface area contributed by atoms with Gasteiger partial charge in [-0.3, -0.25) is 9.67 Å². The maximum atomic E-state index is 6.19. The summed E-state index contributed by atoms with van der Waals surface area (Å²) in [5.74, 6) is 1.80. The van der Waals surface area contributed by atoms with Crippen molar-refractivity contribution in [2.24, 2.45) is 18.0 Å². The maximum absolute atomic E-state index is 6.19. The van der Waals surface area contributed by atoms with Gasteiger partial charge in [0.15, 0.2) is 5.96 Å². The third-order valence-corrected chi connectivity index (χ3v) is 6.08. The molecule has 6 heteroatoms. The fraction of sp³-hybridized carbons (Fsp3) is 0.800. The summed E-state index contributed by atoms with van der Waals surface area (Å²) in [4.78, 5) is 6.85. The van der Waals surface area contributed by atoms with Gasteiger partial charge in [-0.1, -0.05) is 12.8 Å². The van der Waals surface area contributed by atoms with Crippen LogP contribution < -0.4 is 5.32 Å². The van der Waals surface area contributed by atoms with E-state index in [0.717, 1.165) is 56.7 Å². The molecule has 0 aromatic carbocycles. The first kappa shape index (κ1) is 19.2. The van der Waals surface area contributed by atoms with Crippen LogP contribution in [0.25, 0.3) is 0 Å². The molecule has 1 saturated heterocycles. The summed E-state index contributed by atoms with van der Waals surface area (Å²) in [5.41, 5.74) is 3.57. The van der Waals surface area contributed by atoms with Gasteiger partial charge >= 0.3 is 0 Å². The number of guanidine groups is 1. The van der Waals surface area contributed by atoms with Crippen molar-refractivity contribution in [2.75, 3.05) is 26.7 Å². The van der Waals surface area contributed by atoms with Crippen LogP contribution in [0.4, 0.5) is 0 Å². The number of ether oxygens (including phenoxy) is 1. The summed E-state index contributed by atoms with van der Waals surface area (Å²) >= 11 is 0. The van der Waals surface area contributed by atoms with Crippen molar-refractivity contribution in [2.45, 2.75) is 65.0 Å². The molecule has 146 valence electrons. The number of rotatable bonds is 5. The molecule has 2 heterocycles. The second-order valence-electron chi connectivity index (χ2n) is 7.84. The van der Waals surface area contributed by atoms with E-state index in [9.17, 15) is 0 Å². The second-order valence-corrected chi connectivity index (χ2v) is 7.84. The van der Waals surface area contributed by atoms with Gasteiger partial charge in [0.25, 0.3) is 0 Å². The summed E-state index contributed by atoms with van der Waals surface area (Å²) in [6.07, 6.45) is 8.13. The summed E-state index contributed by atoms with van der Waals surface area (Å²) in [7, 11) is 3.87. The van der Waals surface area contributed by atoms with Crippen molar-refractivity contribution >= 4 is 5.96 Å². The molecule has 1 aromatic rings. The van der Waals surface area contributed by atoms with Gasteiger partial charge in [0.2, 0.25) is 0 Å². The first-order valence-electron chi connectivity index (χ1n) is 10.1. The average Bonchev–Trinajstić information content (AvgIpc) is 3.24. The predicted octanol–water partition coefficient (Wildman–Crippen LogP) is 2.78. The Hall–Kier alpha value is -1.56. The minimum atomic E-state index is 0.424. The van der Waals surface area contributed by atoms with Crippen molar-refractivity contribution in [3.05, 3.63) is 17.0 Å². The largest absolute Gasteiger partial charge is 0.378 e. The number of aromatic nitrogens is 2. The van der Waals surface area contributed by atoms with Crippen molar-refractivity contribution < 1.29 is 4.74 Å². The molecule has 26 heavy (non-hydrogen) atoms. The van der Waals surface area contributed by atoms with Gasteiger partial charge in [-0.25, -0.2) is 0 Å². The van der Waals surface area contributed by atoms with Crippen molar-refractivity contribution in [3.8, 4) is 0 Å². The normalized spacial score (nSPS) is 20.2. The summed E-state index contributed by atoms with van der Waals surface area (Å²) in [6, 6.07) is 0. The highest BCUT2D eigenvalue weighted by molar-refractivity contribution is 5.80. The summed E-state index contributed by atoms with van der Waals surface area (Å²) in [5, 5.41) is 8.02. The number of hydrogen-bond acceptors (Lipinski definition) is 3. The van der Waals surface area contributed by atoms with Gasteiger partial charge < -0.3 is 15.0 Å². The van der Waals surface area contributed by atoms with Crippen LogP contribution in [-0.2, 0) is 18.3 Å². The molecule has 0 atom stereocenters. The quantitative estimate of drug-likeness (QED) is 0.647. The molecule has 0 radical (unpaired) electrons. The molecule has 3 rings (SSSR count). The lowest BCUT2D eigenvalue weighted by Gasteiger charge is -2.34. The average molecular weight is 362 g/mol. The SMILES string of the molecule is CN=C(NCc1c(C)nn(C)c1C)N1CCC(OCC2CCCC2)CC1. The Morgan fingerprint density at radius 1 is 1.19 bits per heavy atom. The highest BCUT2D eigenvalue weighted by Gasteiger charge is 2.24. The lowest BCUT2D eigenvalue weighted by Crippen LogP contribution is -2.47.